The summed E-state index contributed by atoms with van der Waals surface area (Å²) in [5, 5.41) is 15.0. The maximum Gasteiger partial charge on any atom is 0.0562 e. The largest absolute Gasteiger partial charge is 0.309 e. The minimum Gasteiger partial charge on any atom is -0.309 e. The molecule has 0 radical (unpaired) electrons. The lowest BCUT2D eigenvalue weighted by Crippen LogP contribution is -1.97. The molecule has 646 valence electrons. The number of nitrogens with zero attached hydrogens (tertiary/aromatic N) is 6. The van der Waals surface area contributed by atoms with Crippen molar-refractivity contribution in [3.63, 3.8) is 0 Å². The van der Waals surface area contributed by atoms with Crippen molar-refractivity contribution in [3.8, 4) is 112 Å². The molecule has 22 aromatic carbocycles. The summed E-state index contributed by atoms with van der Waals surface area (Å²) in [6, 6.07) is 193. The molecule has 0 aliphatic heterocycles. The predicted octanol–water partition coefficient (Wildman–Crippen LogP) is 35.3. The molecule has 0 unspecified atom stereocenters. The van der Waals surface area contributed by atoms with Gasteiger partial charge in [0.2, 0.25) is 0 Å². The first kappa shape index (κ1) is 80.5. The summed E-state index contributed by atoms with van der Waals surface area (Å²) in [5.74, 6) is 0. The van der Waals surface area contributed by atoms with E-state index in [1.54, 1.807) is 0 Å². The zero-order valence-electron chi connectivity index (χ0n) is 75.5. The zero-order valence-corrected chi connectivity index (χ0v) is 75.5. The quantitative estimate of drug-likeness (QED) is 0.110. The fraction of sp³-hybridized carbons (Fsp3) is 0. The van der Waals surface area contributed by atoms with Gasteiger partial charge in [-0.25, -0.2) is 0 Å². The molecule has 6 heterocycles. The number of hydrogen-bond acceptors (Lipinski definition) is 0. The highest BCUT2D eigenvalue weighted by Crippen LogP contribution is 2.47. The summed E-state index contributed by atoms with van der Waals surface area (Å²) < 4.78 is 14.6. The highest BCUT2D eigenvalue weighted by Gasteiger charge is 2.26. The summed E-state index contributed by atoms with van der Waals surface area (Å²) in [5.41, 5.74) is 38.3. The number of rotatable bonds is 13. The fourth-order valence-corrected chi connectivity index (χ4v) is 21.6. The standard InChI is InChI=1S/C48H32N2.2C42H28N2/c1-4-14-33(15-5-1)36-24-26-39(27-25-36)49-45-22-12-10-20-41(45)43-32-48-44(31-47(43)49)42-21-11-13-23-46(42)50(48)40-29-37(34-16-6-2-7-17-34)28-38(30-40)35-18-8-3-9-19-35;1-4-14-29(15-5-1)31-24-32(30-16-6-2-7-17-30)26-34(25-31)44-40-23-13-11-21-36(40)38-27-41-37(28-42(38)44)35-20-10-12-22-39(35)43(41)33-18-8-3-9-19-33;1-4-14-29(15-5-1)31-24-32(30-16-6-2-7-17-30)26-34(25-31)44-40-23-13-11-21-36(40)38-27-37-35-20-10-12-22-39(35)43(41(37)28-42(38)44)33-18-8-3-9-19-33/h1-32H;2*1-28H. The van der Waals surface area contributed by atoms with Gasteiger partial charge in [0.1, 0.15) is 0 Å². The van der Waals surface area contributed by atoms with Crippen LogP contribution >= 0.6 is 0 Å². The van der Waals surface area contributed by atoms with E-state index >= 15 is 0 Å². The number of fused-ring (bicyclic) bond motifs is 18. The van der Waals surface area contributed by atoms with E-state index in [0.29, 0.717) is 0 Å². The van der Waals surface area contributed by atoms with Crippen molar-refractivity contribution >= 4 is 131 Å². The first-order valence-electron chi connectivity index (χ1n) is 47.4. The summed E-state index contributed by atoms with van der Waals surface area (Å²) in [6.07, 6.45) is 0. The van der Waals surface area contributed by atoms with Crippen LogP contribution in [0, 0.1) is 0 Å². The topological polar surface area (TPSA) is 29.6 Å². The van der Waals surface area contributed by atoms with E-state index in [0.717, 1.165) is 28.4 Å². The molecular formula is C132H88N6. The Hall–Kier alpha value is -18.4. The molecule has 0 saturated heterocycles. The lowest BCUT2D eigenvalue weighted by molar-refractivity contribution is 1.16. The van der Waals surface area contributed by atoms with Gasteiger partial charge in [-0.15, -0.1) is 0 Å². The van der Waals surface area contributed by atoms with Crippen LogP contribution < -0.4 is 0 Å². The van der Waals surface area contributed by atoms with Crippen LogP contribution in [0.25, 0.3) is 243 Å². The number of hydrogen-bond donors (Lipinski definition) is 0. The Bertz CT molecular complexity index is 9320. The van der Waals surface area contributed by atoms with Gasteiger partial charge in [0, 0.05) is 98.8 Å². The first-order valence-corrected chi connectivity index (χ1v) is 47.4. The van der Waals surface area contributed by atoms with E-state index < -0.39 is 0 Å². The third-order valence-corrected chi connectivity index (χ3v) is 27.8. The van der Waals surface area contributed by atoms with Crippen molar-refractivity contribution < 1.29 is 0 Å². The molecule has 28 rings (SSSR count). The minimum atomic E-state index is 1.15. The van der Waals surface area contributed by atoms with Gasteiger partial charge >= 0.3 is 0 Å². The van der Waals surface area contributed by atoms with E-state index in [1.165, 1.54) is 214 Å². The molecule has 138 heavy (non-hydrogen) atoms. The van der Waals surface area contributed by atoms with E-state index in [4.69, 9.17) is 0 Å². The lowest BCUT2D eigenvalue weighted by atomic mass is 9.98. The van der Waals surface area contributed by atoms with E-state index in [1.807, 2.05) is 0 Å². The summed E-state index contributed by atoms with van der Waals surface area (Å²) >= 11 is 0. The second-order valence-electron chi connectivity index (χ2n) is 35.9. The molecule has 0 amide bonds. The van der Waals surface area contributed by atoms with Gasteiger partial charge in [-0.05, 0) is 242 Å². The van der Waals surface area contributed by atoms with Gasteiger partial charge in [-0.3, -0.25) is 0 Å². The molecule has 28 aromatic rings. The molecule has 6 aromatic heterocycles. The monoisotopic (exact) mass is 1760 g/mol. The summed E-state index contributed by atoms with van der Waals surface area (Å²) in [6.45, 7) is 0. The first-order chi connectivity index (χ1) is 68.5. The smallest absolute Gasteiger partial charge is 0.0562 e. The second kappa shape index (κ2) is 34.0. The highest BCUT2D eigenvalue weighted by atomic mass is 15.0. The van der Waals surface area contributed by atoms with Crippen LogP contribution in [0.1, 0.15) is 0 Å². The maximum atomic E-state index is 2.46. The molecule has 0 aliphatic rings. The van der Waals surface area contributed by atoms with Crippen molar-refractivity contribution in [2.45, 2.75) is 0 Å². The molecule has 0 fully saturated rings. The predicted molar refractivity (Wildman–Crippen MR) is 583 cm³/mol. The van der Waals surface area contributed by atoms with E-state index in [-0.39, 0.29) is 0 Å². The van der Waals surface area contributed by atoms with Crippen molar-refractivity contribution in [2.75, 3.05) is 0 Å². The average molecular weight is 1760 g/mol. The van der Waals surface area contributed by atoms with Crippen molar-refractivity contribution in [3.05, 3.63) is 534 Å². The number of benzene rings is 22. The van der Waals surface area contributed by atoms with Crippen LogP contribution in [-0.2, 0) is 0 Å². The maximum absolute atomic E-state index is 2.46. The third kappa shape index (κ3) is 14.0. The molecule has 6 heteroatoms. The number of aromatic nitrogens is 6. The number of para-hydroxylation sites is 8. The molecule has 6 nitrogen and oxygen atoms in total. The van der Waals surface area contributed by atoms with Crippen LogP contribution in [-0.4, -0.2) is 27.4 Å². The zero-order chi connectivity index (χ0) is 91.1. The molecule has 0 bridgehead atoms. The van der Waals surface area contributed by atoms with Crippen molar-refractivity contribution in [2.24, 2.45) is 0 Å². The Labute approximate surface area is 798 Å². The second-order valence-corrected chi connectivity index (χ2v) is 35.9. The van der Waals surface area contributed by atoms with E-state index in [2.05, 4.69) is 561 Å². The Kier molecular flexibility index (Phi) is 19.9. The van der Waals surface area contributed by atoms with Crippen LogP contribution in [0.4, 0.5) is 0 Å². The average Bonchev–Trinajstić information content (AvgIpc) is 1.56. The van der Waals surface area contributed by atoms with Crippen LogP contribution in [0.3, 0.4) is 0 Å². The Morgan fingerprint density at radius 1 is 0.0797 bits per heavy atom. The molecular weight excluding hydrogens is 1670 g/mol. The molecule has 0 spiro atoms. The fourth-order valence-electron chi connectivity index (χ4n) is 21.6. The van der Waals surface area contributed by atoms with Gasteiger partial charge in [-0.2, -0.15) is 0 Å². The molecule has 0 N–H and O–H groups in total. The van der Waals surface area contributed by atoms with Crippen LogP contribution in [0.2, 0.25) is 0 Å². The van der Waals surface area contributed by atoms with Gasteiger partial charge in [0.05, 0.1) is 66.2 Å². The van der Waals surface area contributed by atoms with Crippen LogP contribution in [0.5, 0.6) is 0 Å². The molecule has 0 atom stereocenters. The van der Waals surface area contributed by atoms with Gasteiger partial charge in [0.15, 0.2) is 0 Å². The Balaban J connectivity index is 0.000000107. The van der Waals surface area contributed by atoms with Gasteiger partial charge in [0.25, 0.3) is 0 Å². The van der Waals surface area contributed by atoms with Crippen LogP contribution in [0.15, 0.2) is 534 Å². The molecule has 0 saturated carbocycles. The lowest BCUT2D eigenvalue weighted by Gasteiger charge is -2.14. The third-order valence-electron chi connectivity index (χ3n) is 27.8. The highest BCUT2D eigenvalue weighted by molar-refractivity contribution is 6.23. The normalized spacial score (nSPS) is 11.6. The minimum absolute atomic E-state index is 1.15. The van der Waals surface area contributed by atoms with Crippen molar-refractivity contribution in [1.82, 2.24) is 27.4 Å². The summed E-state index contributed by atoms with van der Waals surface area (Å²) in [4.78, 5) is 0. The Morgan fingerprint density at radius 2 is 0.239 bits per heavy atom. The summed E-state index contributed by atoms with van der Waals surface area (Å²) in [7, 11) is 0. The van der Waals surface area contributed by atoms with Gasteiger partial charge in [-0.1, -0.05) is 370 Å². The molecule has 0 aliphatic carbocycles. The van der Waals surface area contributed by atoms with Crippen molar-refractivity contribution in [1.29, 1.82) is 0 Å². The van der Waals surface area contributed by atoms with E-state index in [9.17, 15) is 0 Å². The van der Waals surface area contributed by atoms with Gasteiger partial charge < -0.3 is 27.4 Å². The Morgan fingerprint density at radius 3 is 0.464 bits per heavy atom. The SMILES string of the molecule is c1ccc(-c2cc(-c3ccccc3)cc(-n3c4ccccc4c4cc5c(cc43)c3ccccc3n5-c3ccccc3)c2)cc1.c1ccc(-c2cc(-c3ccccc3)cc(-n3c4ccccc4c4cc5c6ccccc6n(-c6ccccc6)c5cc43)c2)cc1.c1ccc(-c2ccc(-n3c4ccccc4c4cc5c(cc43)c3ccccc3n5-c3cc(-c4ccccc4)cc(-c4ccccc4)c3)cc2)cc1.